The number of anilines is 1. The average molecular weight is 464 g/mol. The van der Waals surface area contributed by atoms with Crippen LogP contribution in [0.5, 0.6) is 0 Å². The number of sulfonamides is 1. The molecule has 1 unspecified atom stereocenters. The lowest BCUT2D eigenvalue weighted by molar-refractivity contribution is -0.384. The second kappa shape index (κ2) is 7.60. The summed E-state index contributed by atoms with van der Waals surface area (Å²) in [6.45, 7) is 1.15. The van der Waals surface area contributed by atoms with Crippen molar-refractivity contribution >= 4 is 54.9 Å². The Balaban J connectivity index is 2.72. The second-order valence-corrected chi connectivity index (χ2v) is 8.30. The fourth-order valence-electron chi connectivity index (χ4n) is 2.15. The van der Waals surface area contributed by atoms with Gasteiger partial charge in [0.25, 0.3) is 15.7 Å². The Morgan fingerprint density at radius 1 is 1.27 bits per heavy atom. The second-order valence-electron chi connectivity index (χ2n) is 5.16. The van der Waals surface area contributed by atoms with E-state index in [4.69, 9.17) is 11.6 Å². The number of carboxylic acid groups (broad SMARTS) is 1. The highest BCUT2D eigenvalue weighted by Gasteiger charge is 2.35. The van der Waals surface area contributed by atoms with Gasteiger partial charge in [0, 0.05) is 16.6 Å². The molecule has 0 aromatic heterocycles. The first-order valence-corrected chi connectivity index (χ1v) is 9.63. The molecule has 0 heterocycles. The molecule has 2 rings (SSSR count). The summed E-state index contributed by atoms with van der Waals surface area (Å²) in [5.41, 5.74) is -0.711. The normalized spacial score (nSPS) is 12.4. The third-order valence-electron chi connectivity index (χ3n) is 3.46. The van der Waals surface area contributed by atoms with Crippen LogP contribution in [0.2, 0.25) is 5.02 Å². The lowest BCUT2D eigenvalue weighted by atomic mass is 10.2. The molecule has 0 radical (unpaired) electrons. The van der Waals surface area contributed by atoms with E-state index in [9.17, 15) is 28.4 Å². The Bertz CT molecular complexity index is 965. The molecule has 26 heavy (non-hydrogen) atoms. The summed E-state index contributed by atoms with van der Waals surface area (Å²) in [4.78, 5) is 21.6. The third kappa shape index (κ3) is 3.97. The van der Waals surface area contributed by atoms with Crippen molar-refractivity contribution < 1.29 is 23.2 Å². The van der Waals surface area contributed by atoms with Crippen molar-refractivity contribution in [1.29, 1.82) is 0 Å². The number of carbonyl (C=O) groups is 1. The SMILES string of the molecule is CC(C(=O)O)N(c1cc([N+](=O)[O-])ccc1Cl)S(=O)(=O)c1ccc(Br)cc1. The minimum absolute atomic E-state index is 0.135. The van der Waals surface area contributed by atoms with Gasteiger partial charge in [-0.05, 0) is 37.3 Å². The number of nitrogens with zero attached hydrogens (tertiary/aromatic N) is 2. The number of carboxylic acids is 1. The van der Waals surface area contributed by atoms with Crippen molar-refractivity contribution in [3.8, 4) is 0 Å². The maximum absolute atomic E-state index is 13.0. The number of halogens is 2. The van der Waals surface area contributed by atoms with Crippen molar-refractivity contribution in [2.45, 2.75) is 17.9 Å². The fraction of sp³-hybridized carbons (Fsp3) is 0.133. The number of nitro groups is 1. The van der Waals surface area contributed by atoms with Gasteiger partial charge in [-0.2, -0.15) is 0 Å². The number of aliphatic carboxylic acids is 1. The van der Waals surface area contributed by atoms with Crippen molar-refractivity contribution in [3.63, 3.8) is 0 Å². The quantitative estimate of drug-likeness (QED) is 0.516. The maximum atomic E-state index is 13.0. The zero-order chi connectivity index (χ0) is 19.6. The number of hydrogen-bond donors (Lipinski definition) is 1. The predicted molar refractivity (Wildman–Crippen MR) is 99.0 cm³/mol. The molecule has 2 aromatic rings. The first-order chi connectivity index (χ1) is 12.1. The van der Waals surface area contributed by atoms with Crippen molar-refractivity contribution in [1.82, 2.24) is 0 Å². The molecule has 0 fully saturated rings. The van der Waals surface area contributed by atoms with E-state index in [0.29, 0.717) is 8.78 Å². The highest BCUT2D eigenvalue weighted by molar-refractivity contribution is 9.10. The Hall–Kier alpha value is -2.17. The van der Waals surface area contributed by atoms with E-state index in [0.717, 1.165) is 25.1 Å². The molecular weight excluding hydrogens is 452 g/mol. The Morgan fingerprint density at radius 2 is 1.85 bits per heavy atom. The van der Waals surface area contributed by atoms with Gasteiger partial charge in [0.05, 0.1) is 20.5 Å². The van der Waals surface area contributed by atoms with Crippen LogP contribution >= 0.6 is 27.5 Å². The zero-order valence-corrected chi connectivity index (χ0v) is 16.3. The molecule has 1 N–H and O–H groups in total. The lowest BCUT2D eigenvalue weighted by Crippen LogP contribution is -2.43. The summed E-state index contributed by atoms with van der Waals surface area (Å²) in [5, 5.41) is 20.2. The predicted octanol–water partition coefficient (Wildman–Crippen LogP) is 3.68. The van der Waals surface area contributed by atoms with Crippen molar-refractivity contribution in [2.75, 3.05) is 4.31 Å². The topological polar surface area (TPSA) is 118 Å². The van der Waals surface area contributed by atoms with Gasteiger partial charge in [-0.15, -0.1) is 0 Å². The fourth-order valence-corrected chi connectivity index (χ4v) is 4.30. The number of hydrogen-bond acceptors (Lipinski definition) is 5. The molecule has 2 aromatic carbocycles. The molecule has 0 saturated carbocycles. The minimum atomic E-state index is -4.36. The average Bonchev–Trinajstić information content (AvgIpc) is 2.56. The summed E-state index contributed by atoms with van der Waals surface area (Å²) in [5.74, 6) is -1.44. The van der Waals surface area contributed by atoms with Crippen LogP contribution in [-0.2, 0) is 14.8 Å². The van der Waals surface area contributed by atoms with Crippen molar-refractivity contribution in [2.24, 2.45) is 0 Å². The van der Waals surface area contributed by atoms with Gasteiger partial charge in [-0.3, -0.25) is 14.4 Å². The van der Waals surface area contributed by atoms with Crippen LogP contribution in [0, 0.1) is 10.1 Å². The Labute approximate surface area is 162 Å². The van der Waals surface area contributed by atoms with Crippen LogP contribution < -0.4 is 4.31 Å². The monoisotopic (exact) mass is 462 g/mol. The summed E-state index contributed by atoms with van der Waals surface area (Å²) in [6, 6.07) is 7.14. The molecule has 138 valence electrons. The molecule has 0 bridgehead atoms. The highest BCUT2D eigenvalue weighted by atomic mass is 79.9. The van der Waals surface area contributed by atoms with Gasteiger partial charge in [0.15, 0.2) is 0 Å². The molecule has 0 amide bonds. The van der Waals surface area contributed by atoms with Crippen LogP contribution in [0.3, 0.4) is 0 Å². The third-order valence-corrected chi connectivity index (χ3v) is 6.20. The first-order valence-electron chi connectivity index (χ1n) is 7.02. The van der Waals surface area contributed by atoms with Gasteiger partial charge in [-0.25, -0.2) is 13.2 Å². The Morgan fingerprint density at radius 3 is 2.35 bits per heavy atom. The number of rotatable bonds is 6. The molecule has 0 spiro atoms. The molecule has 0 aliphatic rings. The van der Waals surface area contributed by atoms with E-state index in [1.165, 1.54) is 24.3 Å². The van der Waals surface area contributed by atoms with Gasteiger partial charge < -0.3 is 5.11 Å². The van der Waals surface area contributed by atoms with Crippen LogP contribution in [-0.4, -0.2) is 30.5 Å². The number of nitro benzene ring substituents is 1. The van der Waals surface area contributed by atoms with Crippen LogP contribution in [0.25, 0.3) is 0 Å². The van der Waals surface area contributed by atoms with Gasteiger partial charge in [0.1, 0.15) is 6.04 Å². The molecular formula is C15H12BrClN2O6S. The zero-order valence-electron chi connectivity index (χ0n) is 13.2. The van der Waals surface area contributed by atoms with E-state index >= 15 is 0 Å². The minimum Gasteiger partial charge on any atom is -0.480 e. The first kappa shape index (κ1) is 20.1. The molecule has 1 atom stereocenters. The lowest BCUT2D eigenvalue weighted by Gasteiger charge is -2.28. The Kier molecular flexibility index (Phi) is 5.89. The molecule has 8 nitrogen and oxygen atoms in total. The highest BCUT2D eigenvalue weighted by Crippen LogP contribution is 2.35. The smallest absolute Gasteiger partial charge is 0.327 e. The van der Waals surface area contributed by atoms with Crippen molar-refractivity contribution in [3.05, 3.63) is 62.1 Å². The van der Waals surface area contributed by atoms with Crippen LogP contribution in [0.1, 0.15) is 6.92 Å². The van der Waals surface area contributed by atoms with E-state index < -0.39 is 32.6 Å². The molecule has 0 aliphatic carbocycles. The largest absolute Gasteiger partial charge is 0.480 e. The summed E-state index contributed by atoms with van der Waals surface area (Å²) >= 11 is 9.22. The molecule has 11 heteroatoms. The van der Waals surface area contributed by atoms with Crippen LogP contribution in [0.15, 0.2) is 51.8 Å². The van der Waals surface area contributed by atoms with Gasteiger partial charge >= 0.3 is 5.97 Å². The summed E-state index contributed by atoms with van der Waals surface area (Å²) in [7, 11) is -4.36. The van der Waals surface area contributed by atoms with E-state index in [1.807, 2.05) is 0 Å². The number of non-ortho nitro benzene ring substituents is 1. The molecule has 0 aliphatic heterocycles. The molecule has 0 saturated heterocycles. The van der Waals surface area contributed by atoms with E-state index in [1.54, 1.807) is 0 Å². The van der Waals surface area contributed by atoms with Gasteiger partial charge in [-0.1, -0.05) is 27.5 Å². The van der Waals surface area contributed by atoms with Crippen LogP contribution in [0.4, 0.5) is 11.4 Å². The number of benzene rings is 2. The maximum Gasteiger partial charge on any atom is 0.327 e. The standard InChI is InChI=1S/C15H12BrClN2O6S/c1-9(15(20)21)18(14-8-11(19(22)23)4-7-13(14)17)26(24,25)12-5-2-10(16)3-6-12/h2-9H,1H3,(H,20,21). The summed E-state index contributed by atoms with van der Waals surface area (Å²) in [6.07, 6.45) is 0. The van der Waals surface area contributed by atoms with Gasteiger partial charge in [0.2, 0.25) is 0 Å². The summed E-state index contributed by atoms with van der Waals surface area (Å²) < 4.78 is 27.3. The van der Waals surface area contributed by atoms with E-state index in [2.05, 4.69) is 15.9 Å². The van der Waals surface area contributed by atoms with E-state index in [-0.39, 0.29) is 15.6 Å².